The fraction of sp³-hybridized carbons (Fsp3) is 0.0833. The number of nitrogens with one attached hydrogen (secondary N) is 2. The van der Waals surface area contributed by atoms with Crippen LogP contribution in [0.1, 0.15) is 21.5 Å². The maximum absolute atomic E-state index is 12.6. The van der Waals surface area contributed by atoms with Crippen LogP contribution >= 0.6 is 23.2 Å². The lowest BCUT2D eigenvalue weighted by Crippen LogP contribution is -2.15. The van der Waals surface area contributed by atoms with Crippen LogP contribution in [0.2, 0.25) is 10.0 Å². The van der Waals surface area contributed by atoms with Crippen molar-refractivity contribution < 1.29 is 14.3 Å². The number of pyridine rings is 1. The minimum absolute atomic E-state index is 0.0237. The summed E-state index contributed by atoms with van der Waals surface area (Å²) in [6.45, 7) is 3.96. The number of hydrogen-bond acceptors (Lipinski definition) is 7. The van der Waals surface area contributed by atoms with Crippen molar-refractivity contribution in [1.82, 2.24) is 15.0 Å². The van der Waals surface area contributed by atoms with Gasteiger partial charge in [0.25, 0.3) is 5.56 Å². The summed E-state index contributed by atoms with van der Waals surface area (Å²) in [5.41, 5.74) is 1.76. The summed E-state index contributed by atoms with van der Waals surface area (Å²) < 4.78 is 10.3. The molecule has 0 saturated carbocycles. The topological polar surface area (TPSA) is 106 Å². The molecular weight excluding hydrogens is 479 g/mol. The van der Waals surface area contributed by atoms with E-state index in [9.17, 15) is 9.59 Å². The molecule has 0 bridgehead atoms. The second-order valence-corrected chi connectivity index (χ2v) is 7.95. The average molecular weight is 497 g/mol. The summed E-state index contributed by atoms with van der Waals surface area (Å²) in [4.78, 5) is 36.0. The molecule has 2 aromatic carbocycles. The highest BCUT2D eigenvalue weighted by Crippen LogP contribution is 2.27. The van der Waals surface area contributed by atoms with E-state index in [1.165, 1.54) is 19.4 Å². The first-order valence-corrected chi connectivity index (χ1v) is 10.7. The lowest BCUT2D eigenvalue weighted by molar-refractivity contribution is 0.0473. The second kappa shape index (κ2) is 9.94. The number of anilines is 1. The smallest absolute Gasteiger partial charge is 0.338 e. The molecule has 4 aromatic rings. The van der Waals surface area contributed by atoms with Crippen molar-refractivity contribution in [3.63, 3.8) is 0 Å². The van der Waals surface area contributed by atoms with Crippen molar-refractivity contribution in [2.24, 2.45) is 0 Å². The number of ether oxygens (including phenoxy) is 2. The number of halogens is 2. The molecule has 2 N–H and O–H groups in total. The standard InChI is InChI=1S/C24H18Cl2N4O4/c1-13(17-9-16-11-27-24(33-2)30-21(16)29-22(17)31)28-20-10-14(7-8-19(20)26)23(32)34-12-15-5-3-4-6-18(15)25/h3-11,28H,1,12H2,2H3,(H,27,29,30,31). The number of benzene rings is 2. The first-order valence-electron chi connectivity index (χ1n) is 9.96. The van der Waals surface area contributed by atoms with Crippen LogP contribution in [0.4, 0.5) is 5.69 Å². The van der Waals surface area contributed by atoms with E-state index in [4.69, 9.17) is 32.7 Å². The quantitative estimate of drug-likeness (QED) is 0.343. The summed E-state index contributed by atoms with van der Waals surface area (Å²) in [7, 11) is 1.43. The van der Waals surface area contributed by atoms with E-state index in [0.717, 1.165) is 0 Å². The van der Waals surface area contributed by atoms with Crippen LogP contribution in [0.5, 0.6) is 6.01 Å². The molecule has 0 radical (unpaired) electrons. The van der Waals surface area contributed by atoms with E-state index in [-0.39, 0.29) is 29.4 Å². The third kappa shape index (κ3) is 5.03. The lowest BCUT2D eigenvalue weighted by Gasteiger charge is -2.13. The minimum Gasteiger partial charge on any atom is -0.467 e. The van der Waals surface area contributed by atoms with Crippen molar-refractivity contribution in [3.05, 3.63) is 98.4 Å². The van der Waals surface area contributed by atoms with Crippen molar-refractivity contribution in [3.8, 4) is 6.01 Å². The van der Waals surface area contributed by atoms with Gasteiger partial charge in [-0.25, -0.2) is 9.78 Å². The van der Waals surface area contributed by atoms with Crippen LogP contribution in [0.25, 0.3) is 16.7 Å². The van der Waals surface area contributed by atoms with Gasteiger partial charge in [0.2, 0.25) is 0 Å². The molecule has 0 spiro atoms. The SMILES string of the molecule is C=C(Nc1cc(C(=O)OCc2ccccc2Cl)ccc1Cl)c1cc2cnc(OC)nc2[nH]c1=O. The molecule has 34 heavy (non-hydrogen) atoms. The minimum atomic E-state index is -0.556. The van der Waals surface area contributed by atoms with Gasteiger partial charge in [0.1, 0.15) is 12.3 Å². The Bertz CT molecular complexity index is 1470. The normalized spacial score (nSPS) is 10.7. The van der Waals surface area contributed by atoms with Gasteiger partial charge in [-0.05, 0) is 30.3 Å². The van der Waals surface area contributed by atoms with Gasteiger partial charge in [0.15, 0.2) is 0 Å². The van der Waals surface area contributed by atoms with Crippen LogP contribution in [0.15, 0.2) is 66.1 Å². The highest BCUT2D eigenvalue weighted by Gasteiger charge is 2.14. The Kier molecular flexibility index (Phi) is 6.81. The maximum Gasteiger partial charge on any atom is 0.338 e. The average Bonchev–Trinajstić information content (AvgIpc) is 2.83. The first-order chi connectivity index (χ1) is 16.4. The molecule has 10 heteroatoms. The van der Waals surface area contributed by atoms with Gasteiger partial charge in [0, 0.05) is 27.9 Å². The largest absolute Gasteiger partial charge is 0.467 e. The summed E-state index contributed by atoms with van der Waals surface area (Å²) in [6.07, 6.45) is 1.52. The summed E-state index contributed by atoms with van der Waals surface area (Å²) in [5.74, 6) is -0.556. The summed E-state index contributed by atoms with van der Waals surface area (Å²) in [5, 5.41) is 4.41. The molecule has 0 amide bonds. The van der Waals surface area contributed by atoms with Crippen LogP contribution in [-0.4, -0.2) is 28.0 Å². The molecule has 0 fully saturated rings. The molecule has 2 heterocycles. The van der Waals surface area contributed by atoms with Gasteiger partial charge in [-0.15, -0.1) is 0 Å². The van der Waals surface area contributed by atoms with Crippen LogP contribution in [0.3, 0.4) is 0 Å². The van der Waals surface area contributed by atoms with Gasteiger partial charge in [0.05, 0.1) is 28.9 Å². The molecule has 2 aromatic heterocycles. The predicted molar refractivity (Wildman–Crippen MR) is 131 cm³/mol. The second-order valence-electron chi connectivity index (χ2n) is 7.14. The van der Waals surface area contributed by atoms with E-state index in [0.29, 0.717) is 32.3 Å². The Hall–Kier alpha value is -3.88. The van der Waals surface area contributed by atoms with Crippen molar-refractivity contribution in [2.75, 3.05) is 12.4 Å². The van der Waals surface area contributed by atoms with E-state index < -0.39 is 11.5 Å². The van der Waals surface area contributed by atoms with Gasteiger partial charge in [-0.3, -0.25) is 4.79 Å². The summed E-state index contributed by atoms with van der Waals surface area (Å²) in [6, 6.07) is 13.4. The third-order valence-corrected chi connectivity index (χ3v) is 5.58. The fourth-order valence-electron chi connectivity index (χ4n) is 3.12. The zero-order valence-corrected chi connectivity index (χ0v) is 19.4. The molecule has 0 unspecified atom stereocenters. The molecule has 0 atom stereocenters. The van der Waals surface area contributed by atoms with Crippen LogP contribution in [-0.2, 0) is 11.3 Å². The number of carbonyl (C=O) groups excluding carboxylic acids is 1. The molecule has 4 rings (SSSR count). The Labute approximate surface area is 204 Å². The molecule has 0 saturated heterocycles. The molecular formula is C24H18Cl2N4O4. The maximum atomic E-state index is 12.6. The zero-order chi connectivity index (χ0) is 24.2. The molecule has 8 nitrogen and oxygen atoms in total. The van der Waals surface area contributed by atoms with Crippen molar-refractivity contribution in [1.29, 1.82) is 0 Å². The number of aromatic nitrogens is 3. The lowest BCUT2D eigenvalue weighted by atomic mass is 10.1. The summed E-state index contributed by atoms with van der Waals surface area (Å²) >= 11 is 12.4. The fourth-order valence-corrected chi connectivity index (χ4v) is 3.47. The molecule has 0 aliphatic heterocycles. The third-order valence-electron chi connectivity index (χ3n) is 4.88. The Balaban J connectivity index is 1.53. The number of esters is 1. The molecule has 172 valence electrons. The number of H-pyrrole nitrogens is 1. The van der Waals surface area contributed by atoms with Gasteiger partial charge < -0.3 is 19.8 Å². The Morgan fingerprint density at radius 3 is 2.71 bits per heavy atom. The number of carbonyl (C=O) groups is 1. The van der Waals surface area contributed by atoms with Gasteiger partial charge >= 0.3 is 12.0 Å². The van der Waals surface area contributed by atoms with E-state index >= 15 is 0 Å². The number of aromatic amines is 1. The number of nitrogens with zero attached hydrogens (tertiary/aromatic N) is 2. The highest BCUT2D eigenvalue weighted by atomic mass is 35.5. The zero-order valence-electron chi connectivity index (χ0n) is 17.9. The Morgan fingerprint density at radius 2 is 1.94 bits per heavy atom. The van der Waals surface area contributed by atoms with Crippen molar-refractivity contribution in [2.45, 2.75) is 6.61 Å². The van der Waals surface area contributed by atoms with Gasteiger partial charge in [-0.2, -0.15) is 4.98 Å². The van der Waals surface area contributed by atoms with Crippen molar-refractivity contribution >= 4 is 51.6 Å². The number of methoxy groups -OCH3 is 1. The van der Waals surface area contributed by atoms with Gasteiger partial charge in [-0.1, -0.05) is 48.0 Å². The van der Waals surface area contributed by atoms with E-state index in [1.807, 2.05) is 6.07 Å². The number of rotatable bonds is 7. The van der Waals surface area contributed by atoms with E-state index in [2.05, 4.69) is 26.8 Å². The molecule has 0 aliphatic rings. The molecule has 0 aliphatic carbocycles. The predicted octanol–water partition coefficient (Wildman–Crippen LogP) is 5.07. The Morgan fingerprint density at radius 1 is 1.15 bits per heavy atom. The first kappa shape index (κ1) is 23.3. The van der Waals surface area contributed by atoms with Crippen LogP contribution < -0.4 is 15.6 Å². The number of fused-ring (bicyclic) bond motifs is 1. The van der Waals surface area contributed by atoms with Crippen LogP contribution in [0, 0.1) is 0 Å². The van der Waals surface area contributed by atoms with E-state index in [1.54, 1.807) is 36.4 Å². The number of hydrogen-bond donors (Lipinski definition) is 2. The highest BCUT2D eigenvalue weighted by molar-refractivity contribution is 6.33. The monoisotopic (exact) mass is 496 g/mol.